The smallest absolute Gasteiger partial charge is 0.283 e. The summed E-state index contributed by atoms with van der Waals surface area (Å²) in [7, 11) is 0. The number of carbonyl (C=O) groups is 1. The van der Waals surface area contributed by atoms with Gasteiger partial charge in [-0.05, 0) is 85.3 Å². The van der Waals surface area contributed by atoms with Gasteiger partial charge in [-0.25, -0.2) is 0 Å². The highest BCUT2D eigenvalue weighted by atomic mass is 32.2. The minimum absolute atomic E-state index is 0.0194. The van der Waals surface area contributed by atoms with Crippen molar-refractivity contribution in [2.75, 3.05) is 19.8 Å². The third-order valence-electron chi connectivity index (χ3n) is 5.93. The van der Waals surface area contributed by atoms with Crippen LogP contribution in [0.15, 0.2) is 52.1 Å². The minimum atomic E-state index is -0.450. The predicted molar refractivity (Wildman–Crippen MR) is 154 cm³/mol. The van der Waals surface area contributed by atoms with Gasteiger partial charge in [-0.15, -0.1) is 0 Å². The van der Waals surface area contributed by atoms with Crippen molar-refractivity contribution in [3.05, 3.63) is 58.7 Å². The van der Waals surface area contributed by atoms with Crippen LogP contribution in [0, 0.1) is 12.3 Å². The number of benzene rings is 2. The fraction of sp³-hybridized carbons (Fsp3) is 0.379. The lowest BCUT2D eigenvalue weighted by Gasteiger charge is -2.20. The van der Waals surface area contributed by atoms with E-state index in [9.17, 15) is 4.79 Å². The molecule has 2 heterocycles. The van der Waals surface area contributed by atoms with Crippen molar-refractivity contribution in [2.24, 2.45) is 10.1 Å². The van der Waals surface area contributed by atoms with Gasteiger partial charge in [0.25, 0.3) is 5.91 Å². The van der Waals surface area contributed by atoms with Crippen LogP contribution in [0.3, 0.4) is 0 Å². The van der Waals surface area contributed by atoms with Crippen molar-refractivity contribution in [3.8, 4) is 17.2 Å². The van der Waals surface area contributed by atoms with Crippen LogP contribution in [0.25, 0.3) is 6.08 Å². The van der Waals surface area contributed by atoms with Crippen LogP contribution in [-0.2, 0) is 4.79 Å². The Kier molecular flexibility index (Phi) is 8.89. The summed E-state index contributed by atoms with van der Waals surface area (Å²) in [6, 6.07) is 11.7. The number of aliphatic imine (C=N–C) groups is 1. The highest BCUT2D eigenvalue weighted by Gasteiger charge is 2.35. The molecule has 1 amide bonds. The van der Waals surface area contributed by atoms with E-state index in [0.717, 1.165) is 29.2 Å². The van der Waals surface area contributed by atoms with Crippen LogP contribution in [0.5, 0.6) is 17.2 Å². The number of hydrogen-bond donors (Lipinski definition) is 1. The summed E-state index contributed by atoms with van der Waals surface area (Å²) in [5, 5.41) is 15.7. The first-order valence-electron chi connectivity index (χ1n) is 12.9. The van der Waals surface area contributed by atoms with Crippen LogP contribution in [-0.4, -0.2) is 46.8 Å². The number of carbonyl (C=O) groups excluding carboxylic acids is 1. The van der Waals surface area contributed by atoms with E-state index in [4.69, 9.17) is 19.6 Å². The lowest BCUT2D eigenvalue weighted by Crippen LogP contribution is -2.35. The monoisotopic (exact) mass is 534 g/mol. The number of fused-ring (bicyclic) bond motifs is 1. The van der Waals surface area contributed by atoms with Gasteiger partial charge in [0, 0.05) is 0 Å². The van der Waals surface area contributed by atoms with Crippen molar-refractivity contribution < 1.29 is 19.0 Å². The van der Waals surface area contributed by atoms with E-state index in [1.54, 1.807) is 18.2 Å². The zero-order chi connectivity index (χ0) is 27.2. The second-order valence-electron chi connectivity index (χ2n) is 9.30. The van der Waals surface area contributed by atoms with Gasteiger partial charge in [-0.1, -0.05) is 39.0 Å². The van der Waals surface area contributed by atoms with Gasteiger partial charge in [-0.2, -0.15) is 15.1 Å². The number of amides is 1. The topological polar surface area (TPSA) is 96.6 Å². The van der Waals surface area contributed by atoms with E-state index in [1.165, 1.54) is 22.3 Å². The molecule has 0 fully saturated rings. The number of nitrogens with one attached hydrogen (secondary N) is 1. The Morgan fingerprint density at radius 2 is 1.79 bits per heavy atom. The van der Waals surface area contributed by atoms with Crippen molar-refractivity contribution >= 4 is 39.8 Å². The standard InChI is InChI=1S/C29H34N4O4S/c1-6-8-26-32-33-27(30)22(28(34)31-29(33)38-26)16-20-10-12-23(25(17-20)35-7-2)36-13-14-37-24-15-19(5)9-11-21(24)18(3)4/h9-12,15-18,30H,6-8,13-14H2,1-5H3. The second-order valence-corrected chi connectivity index (χ2v) is 10.3. The number of rotatable bonds is 11. The fourth-order valence-corrected chi connectivity index (χ4v) is 5.05. The molecular weight excluding hydrogens is 500 g/mol. The predicted octanol–water partition coefficient (Wildman–Crippen LogP) is 6.39. The number of hydrogen-bond acceptors (Lipinski definition) is 7. The van der Waals surface area contributed by atoms with Gasteiger partial charge < -0.3 is 14.2 Å². The lowest BCUT2D eigenvalue weighted by atomic mass is 10.0. The fourth-order valence-electron chi connectivity index (χ4n) is 4.06. The van der Waals surface area contributed by atoms with Crippen molar-refractivity contribution in [2.45, 2.75) is 53.4 Å². The van der Waals surface area contributed by atoms with Crippen molar-refractivity contribution in [1.29, 1.82) is 5.41 Å². The Balaban J connectivity index is 1.46. The van der Waals surface area contributed by atoms with Gasteiger partial charge in [0.2, 0.25) is 5.17 Å². The van der Waals surface area contributed by atoms with Crippen LogP contribution < -0.4 is 14.2 Å². The Hall–Kier alpha value is -3.59. The number of nitrogens with zero attached hydrogens (tertiary/aromatic N) is 3. The molecule has 0 saturated carbocycles. The Labute approximate surface area is 228 Å². The SMILES string of the molecule is CCCC1=NN2C(=N)C(=Cc3ccc(OCCOc4cc(C)ccc4C(C)C)c(OCC)c3)C(=O)N=C2S1. The van der Waals surface area contributed by atoms with E-state index in [2.05, 4.69) is 49.1 Å². The quantitative estimate of drug-likeness (QED) is 0.265. The molecule has 9 heteroatoms. The molecular formula is C29H34N4O4S. The molecule has 0 bridgehead atoms. The maximum Gasteiger partial charge on any atom is 0.283 e. The van der Waals surface area contributed by atoms with Crippen LogP contribution in [0.1, 0.15) is 63.1 Å². The molecule has 1 N–H and O–H groups in total. The number of aryl methyl sites for hydroxylation is 1. The minimum Gasteiger partial charge on any atom is -0.490 e. The number of hydrazone groups is 1. The summed E-state index contributed by atoms with van der Waals surface area (Å²) in [6.07, 6.45) is 3.36. The molecule has 0 atom stereocenters. The van der Waals surface area contributed by atoms with E-state index in [0.29, 0.717) is 48.0 Å². The molecule has 8 nitrogen and oxygen atoms in total. The summed E-state index contributed by atoms with van der Waals surface area (Å²) < 4.78 is 17.8. The highest BCUT2D eigenvalue weighted by molar-refractivity contribution is 8.26. The second kappa shape index (κ2) is 12.3. The van der Waals surface area contributed by atoms with Crippen molar-refractivity contribution in [1.82, 2.24) is 5.01 Å². The van der Waals surface area contributed by atoms with Gasteiger partial charge in [0.05, 0.1) is 12.2 Å². The summed E-state index contributed by atoms with van der Waals surface area (Å²) in [6.45, 7) is 11.5. The normalized spacial score (nSPS) is 16.1. The molecule has 0 saturated heterocycles. The van der Waals surface area contributed by atoms with E-state index >= 15 is 0 Å². The first-order valence-corrected chi connectivity index (χ1v) is 13.7. The first kappa shape index (κ1) is 27.4. The third kappa shape index (κ3) is 6.27. The molecule has 2 aromatic carbocycles. The number of thioether (sulfide) groups is 1. The zero-order valence-electron chi connectivity index (χ0n) is 22.5. The molecule has 200 valence electrons. The van der Waals surface area contributed by atoms with Crippen LogP contribution >= 0.6 is 11.8 Å². The van der Waals surface area contributed by atoms with Gasteiger partial charge in [0.15, 0.2) is 17.3 Å². The first-order chi connectivity index (χ1) is 18.3. The third-order valence-corrected chi connectivity index (χ3v) is 6.90. The number of amidine groups is 2. The Morgan fingerprint density at radius 1 is 1.03 bits per heavy atom. The molecule has 0 spiro atoms. The molecule has 0 aromatic heterocycles. The van der Waals surface area contributed by atoms with Crippen LogP contribution in [0.2, 0.25) is 0 Å². The molecule has 2 aromatic rings. The molecule has 2 aliphatic heterocycles. The van der Waals surface area contributed by atoms with Crippen LogP contribution in [0.4, 0.5) is 0 Å². The average Bonchev–Trinajstić information content (AvgIpc) is 3.28. The molecule has 0 radical (unpaired) electrons. The summed E-state index contributed by atoms with van der Waals surface area (Å²) in [5.74, 6) is 1.95. The van der Waals surface area contributed by atoms with E-state index in [-0.39, 0.29) is 11.4 Å². The average molecular weight is 535 g/mol. The molecule has 0 unspecified atom stereocenters. The summed E-state index contributed by atoms with van der Waals surface area (Å²) in [4.78, 5) is 16.9. The lowest BCUT2D eigenvalue weighted by molar-refractivity contribution is -0.114. The molecule has 4 rings (SSSR count). The highest BCUT2D eigenvalue weighted by Crippen LogP contribution is 2.33. The van der Waals surface area contributed by atoms with Gasteiger partial charge >= 0.3 is 0 Å². The Morgan fingerprint density at radius 3 is 2.50 bits per heavy atom. The largest absolute Gasteiger partial charge is 0.490 e. The van der Waals surface area contributed by atoms with Crippen molar-refractivity contribution in [3.63, 3.8) is 0 Å². The molecule has 0 aliphatic carbocycles. The molecule has 2 aliphatic rings. The van der Waals surface area contributed by atoms with E-state index < -0.39 is 5.91 Å². The summed E-state index contributed by atoms with van der Waals surface area (Å²) >= 11 is 1.35. The maximum atomic E-state index is 12.7. The number of ether oxygens (including phenoxy) is 3. The molecule has 38 heavy (non-hydrogen) atoms. The maximum absolute atomic E-state index is 12.7. The van der Waals surface area contributed by atoms with E-state index in [1.807, 2.05) is 19.9 Å². The Bertz CT molecular complexity index is 1320. The summed E-state index contributed by atoms with van der Waals surface area (Å²) in [5.41, 5.74) is 3.20. The van der Waals surface area contributed by atoms with Gasteiger partial charge in [-0.3, -0.25) is 10.2 Å². The zero-order valence-corrected chi connectivity index (χ0v) is 23.4. The van der Waals surface area contributed by atoms with Gasteiger partial charge in [0.1, 0.15) is 24.0 Å².